The standard InChI is InChI=1S/C14H15FN2O3/c15-13-7-11(5-4-10(13)3-1-2-6-16)17-8-12(9-18)20-14(17)19/h4-5,7,12,18H,2,6,8-9,16H2/t12-/m1/s1. The lowest BCUT2D eigenvalue weighted by Gasteiger charge is -2.13. The molecule has 5 nitrogen and oxygen atoms in total. The first kappa shape index (κ1) is 14.3. The topological polar surface area (TPSA) is 75.8 Å². The molecule has 1 aromatic rings. The molecule has 0 saturated carbocycles. The van der Waals surface area contributed by atoms with Crippen LogP contribution in [-0.4, -0.2) is 37.0 Å². The fraction of sp³-hybridized carbons (Fsp3) is 0.357. The molecule has 1 amide bonds. The maximum absolute atomic E-state index is 13.9. The molecule has 1 fully saturated rings. The van der Waals surface area contributed by atoms with Crippen molar-refractivity contribution in [3.63, 3.8) is 0 Å². The first-order valence-electron chi connectivity index (χ1n) is 6.23. The Morgan fingerprint density at radius 1 is 1.55 bits per heavy atom. The number of halogens is 1. The molecule has 0 aromatic heterocycles. The van der Waals surface area contributed by atoms with E-state index in [1.165, 1.54) is 17.0 Å². The van der Waals surface area contributed by atoms with Gasteiger partial charge in [0.25, 0.3) is 0 Å². The summed E-state index contributed by atoms with van der Waals surface area (Å²) < 4.78 is 18.8. The minimum Gasteiger partial charge on any atom is -0.441 e. The summed E-state index contributed by atoms with van der Waals surface area (Å²) in [4.78, 5) is 12.9. The van der Waals surface area contributed by atoms with Gasteiger partial charge in [-0.3, -0.25) is 4.90 Å². The maximum Gasteiger partial charge on any atom is 0.414 e. The third-order valence-corrected chi connectivity index (χ3v) is 2.83. The van der Waals surface area contributed by atoms with Crippen LogP contribution in [-0.2, 0) is 4.74 Å². The Morgan fingerprint density at radius 2 is 2.35 bits per heavy atom. The summed E-state index contributed by atoms with van der Waals surface area (Å²) in [6, 6.07) is 4.33. The van der Waals surface area contributed by atoms with E-state index < -0.39 is 18.0 Å². The van der Waals surface area contributed by atoms with Crippen LogP contribution in [0.3, 0.4) is 0 Å². The van der Waals surface area contributed by atoms with E-state index in [1.807, 2.05) is 0 Å². The summed E-state index contributed by atoms with van der Waals surface area (Å²) in [5.41, 5.74) is 5.94. The molecule has 1 atom stereocenters. The molecule has 0 aliphatic carbocycles. The van der Waals surface area contributed by atoms with E-state index in [1.54, 1.807) is 6.07 Å². The molecular formula is C14H15FN2O3. The first-order valence-corrected chi connectivity index (χ1v) is 6.23. The number of aliphatic hydroxyl groups is 1. The molecule has 0 unspecified atom stereocenters. The number of hydrogen-bond acceptors (Lipinski definition) is 4. The number of carbonyl (C=O) groups is 1. The van der Waals surface area contributed by atoms with Gasteiger partial charge in [-0.25, -0.2) is 9.18 Å². The molecule has 0 radical (unpaired) electrons. The van der Waals surface area contributed by atoms with Crippen LogP contribution in [0.5, 0.6) is 0 Å². The zero-order valence-electron chi connectivity index (χ0n) is 10.8. The van der Waals surface area contributed by atoms with Crippen LogP contribution in [0.15, 0.2) is 18.2 Å². The number of cyclic esters (lactones) is 1. The zero-order chi connectivity index (χ0) is 14.5. The normalized spacial score (nSPS) is 17.6. The van der Waals surface area contributed by atoms with Crippen molar-refractivity contribution in [3.8, 4) is 11.8 Å². The van der Waals surface area contributed by atoms with E-state index in [0.717, 1.165) is 0 Å². The Kier molecular flexibility index (Phi) is 4.56. The van der Waals surface area contributed by atoms with Gasteiger partial charge in [0, 0.05) is 13.0 Å². The summed E-state index contributed by atoms with van der Waals surface area (Å²) in [6.07, 6.45) is -0.669. The number of hydrogen-bond donors (Lipinski definition) is 2. The van der Waals surface area contributed by atoms with E-state index >= 15 is 0 Å². The Hall–Kier alpha value is -2.10. The van der Waals surface area contributed by atoms with Crippen LogP contribution in [0.1, 0.15) is 12.0 Å². The van der Waals surface area contributed by atoms with E-state index in [-0.39, 0.29) is 18.7 Å². The second kappa shape index (κ2) is 6.37. The lowest BCUT2D eigenvalue weighted by atomic mass is 10.1. The third kappa shape index (κ3) is 3.07. The van der Waals surface area contributed by atoms with Gasteiger partial charge < -0.3 is 15.6 Å². The van der Waals surface area contributed by atoms with Gasteiger partial charge in [-0.05, 0) is 18.2 Å². The van der Waals surface area contributed by atoms with Crippen molar-refractivity contribution in [2.45, 2.75) is 12.5 Å². The number of amides is 1. The van der Waals surface area contributed by atoms with Crippen molar-refractivity contribution in [1.82, 2.24) is 0 Å². The highest BCUT2D eigenvalue weighted by molar-refractivity contribution is 5.89. The van der Waals surface area contributed by atoms with Gasteiger partial charge in [-0.2, -0.15) is 0 Å². The largest absolute Gasteiger partial charge is 0.441 e. The molecule has 6 heteroatoms. The summed E-state index contributed by atoms with van der Waals surface area (Å²) in [5.74, 6) is 4.93. The highest BCUT2D eigenvalue weighted by atomic mass is 19.1. The predicted octanol–water partition coefficient (Wildman–Crippen LogP) is 0.844. The molecule has 1 heterocycles. The van der Waals surface area contributed by atoms with Gasteiger partial charge >= 0.3 is 6.09 Å². The Balaban J connectivity index is 2.18. The van der Waals surface area contributed by atoms with Crippen LogP contribution >= 0.6 is 0 Å². The molecule has 1 aliphatic rings. The maximum atomic E-state index is 13.9. The number of anilines is 1. The van der Waals surface area contributed by atoms with Gasteiger partial charge in [0.1, 0.15) is 11.9 Å². The zero-order valence-corrected chi connectivity index (χ0v) is 10.8. The minimum absolute atomic E-state index is 0.201. The number of nitrogens with zero attached hydrogens (tertiary/aromatic N) is 1. The van der Waals surface area contributed by atoms with Crippen LogP contribution in [0.4, 0.5) is 14.9 Å². The SMILES string of the molecule is NCCC#Cc1ccc(N2C[C@H](CO)OC2=O)cc1F. The lowest BCUT2D eigenvalue weighted by Crippen LogP contribution is -2.25. The Bertz CT molecular complexity index is 565. The van der Waals surface area contributed by atoms with E-state index in [2.05, 4.69) is 11.8 Å². The molecule has 20 heavy (non-hydrogen) atoms. The monoisotopic (exact) mass is 278 g/mol. The minimum atomic E-state index is -0.592. The molecular weight excluding hydrogens is 263 g/mol. The molecule has 106 valence electrons. The number of nitrogens with two attached hydrogens (primary N) is 1. The summed E-state index contributed by atoms with van der Waals surface area (Å²) >= 11 is 0. The molecule has 1 aromatic carbocycles. The number of aliphatic hydroxyl groups excluding tert-OH is 1. The van der Waals surface area contributed by atoms with E-state index in [0.29, 0.717) is 18.7 Å². The molecule has 0 spiro atoms. The second-order valence-electron chi connectivity index (χ2n) is 4.30. The molecule has 2 rings (SSSR count). The number of benzene rings is 1. The van der Waals surface area contributed by atoms with Crippen molar-refractivity contribution in [2.75, 3.05) is 24.6 Å². The average Bonchev–Trinajstić information content (AvgIpc) is 2.82. The Labute approximate surface area is 116 Å². The summed E-state index contributed by atoms with van der Waals surface area (Å²) in [7, 11) is 0. The van der Waals surface area contributed by atoms with E-state index in [4.69, 9.17) is 15.6 Å². The quantitative estimate of drug-likeness (QED) is 0.803. The average molecular weight is 278 g/mol. The van der Waals surface area contributed by atoms with Crippen molar-refractivity contribution >= 4 is 11.8 Å². The van der Waals surface area contributed by atoms with Gasteiger partial charge in [0.15, 0.2) is 0 Å². The van der Waals surface area contributed by atoms with Crippen LogP contribution < -0.4 is 10.6 Å². The van der Waals surface area contributed by atoms with Crippen molar-refractivity contribution in [1.29, 1.82) is 0 Å². The summed E-state index contributed by atoms with van der Waals surface area (Å²) in [5, 5.41) is 8.96. The van der Waals surface area contributed by atoms with Gasteiger partial charge in [-0.1, -0.05) is 11.8 Å². The lowest BCUT2D eigenvalue weighted by molar-refractivity contribution is 0.0963. The highest BCUT2D eigenvalue weighted by Crippen LogP contribution is 2.23. The number of carbonyl (C=O) groups excluding carboxylic acids is 1. The van der Waals surface area contributed by atoms with Crippen LogP contribution in [0.2, 0.25) is 0 Å². The fourth-order valence-corrected chi connectivity index (χ4v) is 1.83. The van der Waals surface area contributed by atoms with Gasteiger partial charge in [-0.15, -0.1) is 0 Å². The third-order valence-electron chi connectivity index (χ3n) is 2.83. The molecule has 0 bridgehead atoms. The first-order chi connectivity index (χ1) is 9.65. The highest BCUT2D eigenvalue weighted by Gasteiger charge is 2.32. The van der Waals surface area contributed by atoms with E-state index in [9.17, 15) is 9.18 Å². The molecule has 1 aliphatic heterocycles. The van der Waals surface area contributed by atoms with Crippen molar-refractivity contribution in [3.05, 3.63) is 29.6 Å². The molecule has 1 saturated heterocycles. The van der Waals surface area contributed by atoms with Gasteiger partial charge in [0.2, 0.25) is 0 Å². The fourth-order valence-electron chi connectivity index (χ4n) is 1.83. The molecule has 3 N–H and O–H groups in total. The second-order valence-corrected chi connectivity index (χ2v) is 4.30. The number of rotatable bonds is 3. The smallest absolute Gasteiger partial charge is 0.414 e. The Morgan fingerprint density at radius 3 is 2.95 bits per heavy atom. The van der Waals surface area contributed by atoms with Crippen molar-refractivity contribution < 1.29 is 19.0 Å². The van der Waals surface area contributed by atoms with Crippen molar-refractivity contribution in [2.24, 2.45) is 5.73 Å². The summed E-state index contributed by atoms with van der Waals surface area (Å²) in [6.45, 7) is 0.370. The predicted molar refractivity (Wildman–Crippen MR) is 71.7 cm³/mol. The van der Waals surface area contributed by atoms with Crippen LogP contribution in [0, 0.1) is 17.7 Å². The van der Waals surface area contributed by atoms with Gasteiger partial charge in [0.05, 0.1) is 24.4 Å². The van der Waals surface area contributed by atoms with Crippen LogP contribution in [0.25, 0.3) is 0 Å². The number of ether oxygens (including phenoxy) is 1.